The summed E-state index contributed by atoms with van der Waals surface area (Å²) >= 11 is 0. The molecule has 1 saturated heterocycles. The Kier molecular flexibility index (Phi) is 3.79. The van der Waals surface area contributed by atoms with Crippen LogP contribution in [0.25, 0.3) is 0 Å². The lowest BCUT2D eigenvalue weighted by molar-refractivity contribution is -0.130. The summed E-state index contributed by atoms with van der Waals surface area (Å²) in [5.41, 5.74) is 6.77. The number of carbonyl (C=O) groups excluding carboxylic acids is 1. The minimum atomic E-state index is 0.0769. The van der Waals surface area contributed by atoms with Crippen LogP contribution in [0.1, 0.15) is 18.9 Å². The van der Waals surface area contributed by atoms with Crippen LogP contribution < -0.4 is 5.73 Å². The summed E-state index contributed by atoms with van der Waals surface area (Å²) in [4.78, 5) is 13.5. The van der Waals surface area contributed by atoms with Gasteiger partial charge in [-0.1, -0.05) is 30.3 Å². The van der Waals surface area contributed by atoms with Crippen molar-refractivity contribution in [3.8, 4) is 0 Å². The third-order valence-electron chi connectivity index (χ3n) is 3.75. The summed E-state index contributed by atoms with van der Waals surface area (Å²) in [6.45, 7) is 3.12. The molecule has 0 unspecified atom stereocenters. The van der Waals surface area contributed by atoms with Gasteiger partial charge < -0.3 is 10.6 Å². The maximum atomic E-state index is 11.6. The summed E-state index contributed by atoms with van der Waals surface area (Å²) in [5, 5.41) is 0. The molecule has 1 aliphatic heterocycles. The van der Waals surface area contributed by atoms with E-state index in [4.69, 9.17) is 5.73 Å². The van der Waals surface area contributed by atoms with Crippen LogP contribution in [0.4, 0.5) is 0 Å². The first kappa shape index (κ1) is 12.1. The van der Waals surface area contributed by atoms with Crippen LogP contribution in [0.15, 0.2) is 30.3 Å². The molecular formula is C14H20N2O. The van der Waals surface area contributed by atoms with Gasteiger partial charge in [0.15, 0.2) is 0 Å². The summed E-state index contributed by atoms with van der Waals surface area (Å²) in [6.07, 6.45) is 2.14. The second-order valence-electron chi connectivity index (χ2n) is 4.77. The standard InChI is InChI=1S/C14H20N2O/c1-11-13(7-8-16(11)14(17)10-15)9-12-5-3-2-4-6-12/h2-6,11,13H,7-10,15H2,1H3/t11-,13+/m1/s1. The van der Waals surface area contributed by atoms with E-state index in [0.717, 1.165) is 19.4 Å². The van der Waals surface area contributed by atoms with E-state index in [1.54, 1.807) is 0 Å². The highest BCUT2D eigenvalue weighted by Crippen LogP contribution is 2.27. The molecule has 3 heteroatoms. The van der Waals surface area contributed by atoms with Crippen LogP contribution in [0.3, 0.4) is 0 Å². The molecule has 0 spiro atoms. The van der Waals surface area contributed by atoms with Crippen molar-refractivity contribution in [3.63, 3.8) is 0 Å². The van der Waals surface area contributed by atoms with E-state index in [0.29, 0.717) is 12.0 Å². The lowest BCUT2D eigenvalue weighted by Crippen LogP contribution is -2.39. The first-order valence-corrected chi connectivity index (χ1v) is 6.26. The summed E-state index contributed by atoms with van der Waals surface area (Å²) in [7, 11) is 0. The molecule has 3 nitrogen and oxygen atoms in total. The fourth-order valence-corrected chi connectivity index (χ4v) is 2.66. The summed E-state index contributed by atoms with van der Waals surface area (Å²) in [5.74, 6) is 0.640. The fraction of sp³-hybridized carbons (Fsp3) is 0.500. The van der Waals surface area contributed by atoms with Crippen molar-refractivity contribution < 1.29 is 4.79 Å². The number of hydrogen-bond acceptors (Lipinski definition) is 2. The molecular weight excluding hydrogens is 212 g/mol. The van der Waals surface area contributed by atoms with Crippen molar-refractivity contribution in [2.24, 2.45) is 11.7 Å². The van der Waals surface area contributed by atoms with Crippen molar-refractivity contribution in [1.82, 2.24) is 4.90 Å². The van der Waals surface area contributed by atoms with Crippen molar-refractivity contribution in [1.29, 1.82) is 0 Å². The van der Waals surface area contributed by atoms with E-state index < -0.39 is 0 Å². The maximum absolute atomic E-state index is 11.6. The van der Waals surface area contributed by atoms with Crippen molar-refractivity contribution in [2.75, 3.05) is 13.1 Å². The zero-order chi connectivity index (χ0) is 12.3. The Bertz CT molecular complexity index is 377. The fourth-order valence-electron chi connectivity index (χ4n) is 2.66. The van der Waals surface area contributed by atoms with E-state index in [1.165, 1.54) is 5.56 Å². The van der Waals surface area contributed by atoms with Crippen LogP contribution >= 0.6 is 0 Å². The summed E-state index contributed by atoms with van der Waals surface area (Å²) < 4.78 is 0. The third kappa shape index (κ3) is 2.67. The largest absolute Gasteiger partial charge is 0.339 e. The van der Waals surface area contributed by atoms with Crippen molar-refractivity contribution in [3.05, 3.63) is 35.9 Å². The van der Waals surface area contributed by atoms with E-state index in [1.807, 2.05) is 11.0 Å². The smallest absolute Gasteiger partial charge is 0.236 e. The molecule has 92 valence electrons. The maximum Gasteiger partial charge on any atom is 0.236 e. The predicted molar refractivity (Wildman–Crippen MR) is 68.5 cm³/mol. The monoisotopic (exact) mass is 232 g/mol. The van der Waals surface area contributed by atoms with Gasteiger partial charge in [-0.3, -0.25) is 4.79 Å². The van der Waals surface area contributed by atoms with Gasteiger partial charge in [0, 0.05) is 12.6 Å². The number of rotatable bonds is 3. The molecule has 1 fully saturated rings. The first-order chi connectivity index (χ1) is 8.22. The molecule has 0 aromatic heterocycles. The number of carbonyl (C=O) groups is 1. The van der Waals surface area contributed by atoms with Crippen LogP contribution in [0.2, 0.25) is 0 Å². The Balaban J connectivity index is 1.98. The van der Waals surface area contributed by atoms with E-state index in [2.05, 4.69) is 31.2 Å². The molecule has 17 heavy (non-hydrogen) atoms. The molecule has 1 aliphatic rings. The predicted octanol–water partition coefficient (Wildman–Crippen LogP) is 1.42. The van der Waals surface area contributed by atoms with Gasteiger partial charge in [0.05, 0.1) is 6.54 Å². The number of likely N-dealkylation sites (tertiary alicyclic amines) is 1. The highest BCUT2D eigenvalue weighted by Gasteiger charge is 2.32. The topological polar surface area (TPSA) is 46.3 Å². The van der Waals surface area contributed by atoms with Crippen molar-refractivity contribution in [2.45, 2.75) is 25.8 Å². The highest BCUT2D eigenvalue weighted by molar-refractivity contribution is 5.78. The number of nitrogens with two attached hydrogens (primary N) is 1. The van der Waals surface area contributed by atoms with Gasteiger partial charge in [-0.05, 0) is 31.2 Å². The molecule has 2 atom stereocenters. The van der Waals surface area contributed by atoms with Gasteiger partial charge >= 0.3 is 0 Å². The van der Waals surface area contributed by atoms with E-state index in [-0.39, 0.29) is 12.5 Å². The molecule has 0 bridgehead atoms. The average Bonchev–Trinajstić information content (AvgIpc) is 2.72. The van der Waals surface area contributed by atoms with Gasteiger partial charge in [0.1, 0.15) is 0 Å². The van der Waals surface area contributed by atoms with Crippen LogP contribution in [-0.4, -0.2) is 29.9 Å². The Morgan fingerprint density at radius 1 is 1.41 bits per heavy atom. The van der Waals surface area contributed by atoms with Gasteiger partial charge in [0.2, 0.25) is 5.91 Å². The second kappa shape index (κ2) is 5.32. The molecule has 1 amide bonds. The second-order valence-corrected chi connectivity index (χ2v) is 4.77. The quantitative estimate of drug-likeness (QED) is 0.857. The summed E-state index contributed by atoms with van der Waals surface area (Å²) in [6, 6.07) is 10.8. The highest BCUT2D eigenvalue weighted by atomic mass is 16.2. The molecule has 2 N–H and O–H groups in total. The Morgan fingerprint density at radius 3 is 2.76 bits per heavy atom. The van der Waals surface area contributed by atoms with E-state index >= 15 is 0 Å². The van der Waals surface area contributed by atoms with E-state index in [9.17, 15) is 4.79 Å². The van der Waals surface area contributed by atoms with Gasteiger partial charge in [-0.25, -0.2) is 0 Å². The van der Waals surface area contributed by atoms with Crippen LogP contribution in [0, 0.1) is 5.92 Å². The minimum Gasteiger partial charge on any atom is -0.339 e. The lowest BCUT2D eigenvalue weighted by Gasteiger charge is -2.24. The first-order valence-electron chi connectivity index (χ1n) is 6.26. The number of amides is 1. The van der Waals surface area contributed by atoms with Crippen molar-refractivity contribution >= 4 is 5.91 Å². The lowest BCUT2D eigenvalue weighted by atomic mass is 9.93. The average molecular weight is 232 g/mol. The molecule has 0 saturated carbocycles. The minimum absolute atomic E-state index is 0.0769. The number of nitrogens with zero attached hydrogens (tertiary/aromatic N) is 1. The third-order valence-corrected chi connectivity index (χ3v) is 3.75. The molecule has 2 rings (SSSR count). The molecule has 0 aliphatic carbocycles. The molecule has 1 heterocycles. The Labute approximate surface area is 103 Å². The number of hydrogen-bond donors (Lipinski definition) is 1. The van der Waals surface area contributed by atoms with Gasteiger partial charge in [-0.2, -0.15) is 0 Å². The van der Waals surface area contributed by atoms with Crippen LogP contribution in [-0.2, 0) is 11.2 Å². The normalized spacial score (nSPS) is 24.0. The Morgan fingerprint density at radius 2 is 2.12 bits per heavy atom. The van der Waals surface area contributed by atoms with Gasteiger partial charge in [0.25, 0.3) is 0 Å². The van der Waals surface area contributed by atoms with Crippen LogP contribution in [0.5, 0.6) is 0 Å². The zero-order valence-electron chi connectivity index (χ0n) is 10.3. The SMILES string of the molecule is C[C@@H]1[C@H](Cc2ccccc2)CCN1C(=O)CN. The number of benzene rings is 1. The Hall–Kier alpha value is -1.35. The zero-order valence-corrected chi connectivity index (χ0v) is 10.3. The van der Waals surface area contributed by atoms with Gasteiger partial charge in [-0.15, -0.1) is 0 Å². The molecule has 1 aromatic carbocycles. The molecule has 1 aromatic rings. The molecule has 0 radical (unpaired) electrons.